The summed E-state index contributed by atoms with van der Waals surface area (Å²) in [5.74, 6) is -0.206. The Morgan fingerprint density at radius 2 is 1.95 bits per heavy atom. The predicted molar refractivity (Wildman–Crippen MR) is 60.2 cm³/mol. The number of hydrogen-bond acceptors (Lipinski definition) is 4. The van der Waals surface area contributed by atoms with E-state index < -0.39 is 6.36 Å². The molecule has 0 saturated carbocycles. The SMILES string of the molecule is FC(F)(F)Oc1ccccc1CNCc1ccon1. The van der Waals surface area contributed by atoms with Gasteiger partial charge in [-0.15, -0.1) is 13.2 Å². The second kappa shape index (κ2) is 5.75. The van der Waals surface area contributed by atoms with Gasteiger partial charge >= 0.3 is 6.36 Å². The Bertz CT molecular complexity index is 512. The van der Waals surface area contributed by atoms with Gasteiger partial charge in [0.2, 0.25) is 0 Å². The molecular weight excluding hydrogens is 261 g/mol. The van der Waals surface area contributed by atoms with Crippen LogP contribution in [0.5, 0.6) is 5.75 Å². The largest absolute Gasteiger partial charge is 0.573 e. The van der Waals surface area contributed by atoms with Crippen LogP contribution in [0.3, 0.4) is 0 Å². The van der Waals surface area contributed by atoms with Crippen molar-refractivity contribution in [1.29, 1.82) is 0 Å². The molecule has 19 heavy (non-hydrogen) atoms. The Hall–Kier alpha value is -2.02. The Balaban J connectivity index is 1.96. The second-order valence-corrected chi connectivity index (χ2v) is 3.75. The van der Waals surface area contributed by atoms with Gasteiger partial charge in [0.1, 0.15) is 12.0 Å². The number of alkyl halides is 3. The zero-order valence-corrected chi connectivity index (χ0v) is 9.78. The van der Waals surface area contributed by atoms with E-state index in [1.54, 1.807) is 18.2 Å². The highest BCUT2D eigenvalue weighted by Gasteiger charge is 2.31. The summed E-state index contributed by atoms with van der Waals surface area (Å²) >= 11 is 0. The van der Waals surface area contributed by atoms with Crippen LogP contribution in [0.1, 0.15) is 11.3 Å². The van der Waals surface area contributed by atoms with Crippen LogP contribution in [0.15, 0.2) is 41.1 Å². The van der Waals surface area contributed by atoms with Gasteiger partial charge in [-0.05, 0) is 6.07 Å². The first kappa shape index (κ1) is 13.4. The fourth-order valence-corrected chi connectivity index (χ4v) is 1.53. The van der Waals surface area contributed by atoms with Crippen LogP contribution in [0.2, 0.25) is 0 Å². The maximum absolute atomic E-state index is 12.2. The van der Waals surface area contributed by atoms with Crippen LogP contribution >= 0.6 is 0 Å². The molecule has 4 nitrogen and oxygen atoms in total. The minimum atomic E-state index is -4.69. The molecule has 0 aliphatic carbocycles. The number of aromatic nitrogens is 1. The molecule has 0 fully saturated rings. The topological polar surface area (TPSA) is 47.3 Å². The molecule has 1 aromatic heterocycles. The minimum absolute atomic E-state index is 0.206. The number of para-hydroxylation sites is 1. The number of ether oxygens (including phenoxy) is 1. The molecule has 0 saturated heterocycles. The van der Waals surface area contributed by atoms with Crippen molar-refractivity contribution in [2.45, 2.75) is 19.5 Å². The van der Waals surface area contributed by atoms with E-state index in [4.69, 9.17) is 0 Å². The maximum Gasteiger partial charge on any atom is 0.573 e. The van der Waals surface area contributed by atoms with Crippen molar-refractivity contribution >= 4 is 0 Å². The summed E-state index contributed by atoms with van der Waals surface area (Å²) in [5.41, 5.74) is 1.09. The third-order valence-electron chi connectivity index (χ3n) is 2.31. The Labute approximate surface area is 107 Å². The van der Waals surface area contributed by atoms with E-state index in [9.17, 15) is 13.2 Å². The normalized spacial score (nSPS) is 11.5. The highest BCUT2D eigenvalue weighted by Crippen LogP contribution is 2.26. The Kier molecular flexibility index (Phi) is 4.06. The van der Waals surface area contributed by atoms with Crippen LogP contribution < -0.4 is 10.1 Å². The average Bonchev–Trinajstić information content (AvgIpc) is 2.82. The minimum Gasteiger partial charge on any atom is -0.405 e. The van der Waals surface area contributed by atoms with Gasteiger partial charge in [0.15, 0.2) is 0 Å². The summed E-state index contributed by atoms with van der Waals surface area (Å²) in [6, 6.07) is 7.65. The van der Waals surface area contributed by atoms with Crippen molar-refractivity contribution in [3.8, 4) is 5.75 Å². The molecule has 0 aliphatic heterocycles. The van der Waals surface area contributed by atoms with Crippen molar-refractivity contribution in [2.75, 3.05) is 0 Å². The van der Waals surface area contributed by atoms with Gasteiger partial charge in [-0.1, -0.05) is 23.4 Å². The Morgan fingerprint density at radius 3 is 2.63 bits per heavy atom. The molecule has 1 N–H and O–H groups in total. The van der Waals surface area contributed by atoms with Crippen LogP contribution in [0.4, 0.5) is 13.2 Å². The molecule has 0 unspecified atom stereocenters. The number of rotatable bonds is 5. The number of halogens is 3. The van der Waals surface area contributed by atoms with Crippen molar-refractivity contribution in [3.05, 3.63) is 47.9 Å². The number of nitrogens with zero attached hydrogens (tertiary/aromatic N) is 1. The monoisotopic (exact) mass is 272 g/mol. The van der Waals surface area contributed by atoms with E-state index in [0.717, 1.165) is 0 Å². The highest BCUT2D eigenvalue weighted by molar-refractivity contribution is 5.33. The lowest BCUT2D eigenvalue weighted by Crippen LogP contribution is -2.20. The Morgan fingerprint density at radius 1 is 1.16 bits per heavy atom. The van der Waals surface area contributed by atoms with E-state index >= 15 is 0 Å². The van der Waals surface area contributed by atoms with Crippen LogP contribution in [0, 0.1) is 0 Å². The quantitative estimate of drug-likeness (QED) is 0.909. The molecule has 2 rings (SSSR count). The number of hydrogen-bond donors (Lipinski definition) is 1. The van der Waals surface area contributed by atoms with Crippen LogP contribution in [-0.2, 0) is 13.1 Å². The molecule has 2 aromatic rings. The van der Waals surface area contributed by atoms with Gasteiger partial charge in [0.25, 0.3) is 0 Å². The molecule has 1 aromatic carbocycles. The predicted octanol–water partition coefficient (Wildman–Crippen LogP) is 2.86. The van der Waals surface area contributed by atoms with Gasteiger partial charge < -0.3 is 14.6 Å². The van der Waals surface area contributed by atoms with Gasteiger partial charge in [-0.2, -0.15) is 0 Å². The molecule has 1 heterocycles. The summed E-state index contributed by atoms with van der Waals surface area (Å²) < 4.78 is 45.2. The van der Waals surface area contributed by atoms with E-state index in [2.05, 4.69) is 19.7 Å². The molecule has 7 heteroatoms. The molecule has 102 valence electrons. The third kappa shape index (κ3) is 4.29. The molecule has 0 aliphatic rings. The van der Waals surface area contributed by atoms with E-state index in [1.807, 2.05) is 0 Å². The van der Waals surface area contributed by atoms with Crippen molar-refractivity contribution < 1.29 is 22.4 Å². The molecular formula is C12H11F3N2O2. The van der Waals surface area contributed by atoms with E-state index in [1.165, 1.54) is 18.4 Å². The molecule has 0 amide bonds. The number of nitrogens with one attached hydrogen (secondary N) is 1. The molecule has 0 bridgehead atoms. The third-order valence-corrected chi connectivity index (χ3v) is 2.31. The van der Waals surface area contributed by atoms with Crippen molar-refractivity contribution in [3.63, 3.8) is 0 Å². The lowest BCUT2D eigenvalue weighted by molar-refractivity contribution is -0.274. The summed E-state index contributed by atoms with van der Waals surface area (Å²) in [6.45, 7) is 0.635. The summed E-state index contributed by atoms with van der Waals surface area (Å²) in [4.78, 5) is 0. The van der Waals surface area contributed by atoms with E-state index in [0.29, 0.717) is 17.8 Å². The lowest BCUT2D eigenvalue weighted by atomic mass is 10.2. The summed E-state index contributed by atoms with van der Waals surface area (Å²) in [5, 5.41) is 6.64. The van der Waals surface area contributed by atoms with Gasteiger partial charge in [0.05, 0.1) is 5.69 Å². The highest BCUT2D eigenvalue weighted by atomic mass is 19.4. The molecule has 0 atom stereocenters. The fourth-order valence-electron chi connectivity index (χ4n) is 1.53. The van der Waals surface area contributed by atoms with E-state index in [-0.39, 0.29) is 12.3 Å². The van der Waals surface area contributed by atoms with Gasteiger partial charge in [0, 0.05) is 24.7 Å². The standard InChI is InChI=1S/C12H11F3N2O2/c13-12(14,15)19-11-4-2-1-3-9(11)7-16-8-10-5-6-18-17-10/h1-6,16H,7-8H2. The first-order chi connectivity index (χ1) is 9.04. The second-order valence-electron chi connectivity index (χ2n) is 3.75. The van der Waals surface area contributed by atoms with Crippen molar-refractivity contribution in [2.24, 2.45) is 0 Å². The van der Waals surface area contributed by atoms with Gasteiger partial charge in [-0.25, -0.2) is 0 Å². The summed E-state index contributed by atoms with van der Waals surface area (Å²) in [7, 11) is 0. The zero-order valence-electron chi connectivity index (χ0n) is 9.78. The average molecular weight is 272 g/mol. The van der Waals surface area contributed by atoms with Crippen LogP contribution in [-0.4, -0.2) is 11.5 Å². The fraction of sp³-hybridized carbons (Fsp3) is 0.250. The lowest BCUT2D eigenvalue weighted by Gasteiger charge is -2.13. The van der Waals surface area contributed by atoms with Crippen molar-refractivity contribution in [1.82, 2.24) is 10.5 Å². The number of benzene rings is 1. The first-order valence-electron chi connectivity index (χ1n) is 5.48. The molecule has 0 spiro atoms. The van der Waals surface area contributed by atoms with Gasteiger partial charge in [-0.3, -0.25) is 0 Å². The smallest absolute Gasteiger partial charge is 0.405 e. The maximum atomic E-state index is 12.2. The summed E-state index contributed by atoms with van der Waals surface area (Å²) in [6.07, 6.45) is -3.26. The zero-order chi connectivity index (χ0) is 13.7. The molecule has 0 radical (unpaired) electrons. The first-order valence-corrected chi connectivity index (χ1v) is 5.48. The van der Waals surface area contributed by atoms with Crippen LogP contribution in [0.25, 0.3) is 0 Å².